The van der Waals surface area contributed by atoms with Gasteiger partial charge in [-0.05, 0) is 12.1 Å². The molecule has 0 saturated carbocycles. The molecule has 0 aliphatic carbocycles. The Morgan fingerprint density at radius 2 is 2.22 bits per heavy atom. The van der Waals surface area contributed by atoms with Gasteiger partial charge in [-0.15, -0.1) is 10.2 Å². The Balaban J connectivity index is 1.74. The van der Waals surface area contributed by atoms with E-state index in [9.17, 15) is 4.39 Å². The van der Waals surface area contributed by atoms with Gasteiger partial charge in [0.1, 0.15) is 18.0 Å². The van der Waals surface area contributed by atoms with Crippen LogP contribution in [0.3, 0.4) is 0 Å². The highest BCUT2D eigenvalue weighted by molar-refractivity contribution is 9.10. The van der Waals surface area contributed by atoms with E-state index in [1.165, 1.54) is 6.07 Å². The van der Waals surface area contributed by atoms with Crippen molar-refractivity contribution in [2.45, 2.75) is 19.6 Å². The van der Waals surface area contributed by atoms with E-state index >= 15 is 0 Å². The molecule has 1 aromatic carbocycles. The first-order valence-corrected chi connectivity index (χ1v) is 6.54. The second kappa shape index (κ2) is 4.78. The first kappa shape index (κ1) is 11.8. The van der Waals surface area contributed by atoms with Crippen LogP contribution in [0.4, 0.5) is 4.39 Å². The molecular weight excluding hydrogens is 299 g/mol. The third kappa shape index (κ3) is 2.30. The van der Waals surface area contributed by atoms with Gasteiger partial charge in [0.05, 0.1) is 6.54 Å². The lowest BCUT2D eigenvalue weighted by Gasteiger charge is -2.26. The van der Waals surface area contributed by atoms with Gasteiger partial charge in [-0.1, -0.05) is 22.0 Å². The molecule has 3 rings (SSSR count). The molecular formula is C12H12BrFN4. The van der Waals surface area contributed by atoms with Gasteiger partial charge in [-0.2, -0.15) is 0 Å². The molecule has 0 saturated heterocycles. The highest BCUT2D eigenvalue weighted by Gasteiger charge is 2.18. The summed E-state index contributed by atoms with van der Waals surface area (Å²) in [5.41, 5.74) is 0.714. The second-order valence-corrected chi connectivity index (χ2v) is 5.30. The summed E-state index contributed by atoms with van der Waals surface area (Å²) in [6, 6.07) is 5.19. The van der Waals surface area contributed by atoms with Gasteiger partial charge < -0.3 is 4.57 Å². The molecule has 1 aromatic heterocycles. The number of halogens is 2. The van der Waals surface area contributed by atoms with Crippen molar-refractivity contribution in [2.24, 2.45) is 0 Å². The van der Waals surface area contributed by atoms with Crippen molar-refractivity contribution in [3.63, 3.8) is 0 Å². The average molecular weight is 311 g/mol. The summed E-state index contributed by atoms with van der Waals surface area (Å²) in [5, 5.41) is 7.94. The fourth-order valence-electron chi connectivity index (χ4n) is 2.14. The van der Waals surface area contributed by atoms with E-state index in [0.29, 0.717) is 12.1 Å². The molecule has 18 heavy (non-hydrogen) atoms. The molecule has 0 amide bonds. The van der Waals surface area contributed by atoms with Crippen molar-refractivity contribution in [1.29, 1.82) is 0 Å². The number of aromatic nitrogens is 3. The molecule has 0 N–H and O–H groups in total. The topological polar surface area (TPSA) is 34.0 Å². The van der Waals surface area contributed by atoms with Gasteiger partial charge in [0.15, 0.2) is 0 Å². The highest BCUT2D eigenvalue weighted by Crippen LogP contribution is 2.18. The van der Waals surface area contributed by atoms with Crippen LogP contribution in [0.1, 0.15) is 11.4 Å². The summed E-state index contributed by atoms with van der Waals surface area (Å²) < 4.78 is 16.6. The molecule has 0 bridgehead atoms. The lowest BCUT2D eigenvalue weighted by Crippen LogP contribution is -2.33. The van der Waals surface area contributed by atoms with Gasteiger partial charge in [-0.25, -0.2) is 4.39 Å². The number of benzene rings is 1. The average Bonchev–Trinajstić information content (AvgIpc) is 2.80. The molecule has 4 nitrogen and oxygen atoms in total. The third-order valence-electron chi connectivity index (χ3n) is 3.13. The minimum atomic E-state index is -0.170. The third-order valence-corrected chi connectivity index (χ3v) is 3.62. The van der Waals surface area contributed by atoms with Gasteiger partial charge in [0, 0.05) is 29.7 Å². The summed E-state index contributed by atoms with van der Waals surface area (Å²) in [5.74, 6) is 0.773. The monoisotopic (exact) mass is 310 g/mol. The Morgan fingerprint density at radius 1 is 1.33 bits per heavy atom. The molecule has 6 heteroatoms. The van der Waals surface area contributed by atoms with Crippen molar-refractivity contribution in [3.05, 3.63) is 46.2 Å². The summed E-state index contributed by atoms with van der Waals surface area (Å²) in [4.78, 5) is 2.18. The van der Waals surface area contributed by atoms with Crippen molar-refractivity contribution in [3.8, 4) is 0 Å². The molecule has 1 aliphatic heterocycles. The summed E-state index contributed by atoms with van der Waals surface area (Å²) >= 11 is 3.26. The summed E-state index contributed by atoms with van der Waals surface area (Å²) in [6.45, 7) is 3.07. The van der Waals surface area contributed by atoms with Crippen molar-refractivity contribution >= 4 is 15.9 Å². The first-order valence-electron chi connectivity index (χ1n) is 5.75. The highest BCUT2D eigenvalue weighted by atomic mass is 79.9. The SMILES string of the molecule is Fc1cc(Br)ccc1CN1CCn2cnnc2C1. The maximum absolute atomic E-state index is 13.8. The van der Waals surface area contributed by atoms with Crippen LogP contribution in [-0.2, 0) is 19.6 Å². The lowest BCUT2D eigenvalue weighted by molar-refractivity contribution is 0.206. The van der Waals surface area contributed by atoms with Crippen LogP contribution in [0.2, 0.25) is 0 Å². The summed E-state index contributed by atoms with van der Waals surface area (Å²) in [7, 11) is 0. The Bertz CT molecular complexity index is 569. The number of hydrogen-bond donors (Lipinski definition) is 0. The number of hydrogen-bond acceptors (Lipinski definition) is 3. The van der Waals surface area contributed by atoms with Gasteiger partial charge in [0.2, 0.25) is 0 Å². The molecule has 0 spiro atoms. The zero-order chi connectivity index (χ0) is 12.5. The Kier molecular flexibility index (Phi) is 3.13. The van der Waals surface area contributed by atoms with E-state index < -0.39 is 0 Å². The van der Waals surface area contributed by atoms with Gasteiger partial charge in [-0.3, -0.25) is 4.90 Å². The minimum Gasteiger partial charge on any atom is -0.315 e. The maximum Gasteiger partial charge on any atom is 0.147 e. The van der Waals surface area contributed by atoms with Crippen LogP contribution >= 0.6 is 15.9 Å². The Morgan fingerprint density at radius 3 is 3.06 bits per heavy atom. The van der Waals surface area contributed by atoms with Crippen LogP contribution < -0.4 is 0 Å². The van der Waals surface area contributed by atoms with Gasteiger partial charge >= 0.3 is 0 Å². The zero-order valence-corrected chi connectivity index (χ0v) is 11.3. The van der Waals surface area contributed by atoms with Crippen LogP contribution in [0.15, 0.2) is 29.0 Å². The zero-order valence-electron chi connectivity index (χ0n) is 9.68. The maximum atomic E-state index is 13.8. The number of fused-ring (bicyclic) bond motifs is 1. The van der Waals surface area contributed by atoms with Crippen molar-refractivity contribution < 1.29 is 4.39 Å². The van der Waals surface area contributed by atoms with Crippen LogP contribution in [0, 0.1) is 5.82 Å². The van der Waals surface area contributed by atoms with E-state index in [1.54, 1.807) is 6.33 Å². The largest absolute Gasteiger partial charge is 0.315 e. The fraction of sp³-hybridized carbons (Fsp3) is 0.333. The van der Waals surface area contributed by atoms with Crippen LogP contribution in [0.5, 0.6) is 0 Å². The van der Waals surface area contributed by atoms with E-state index in [1.807, 2.05) is 16.7 Å². The van der Waals surface area contributed by atoms with E-state index in [-0.39, 0.29) is 5.82 Å². The van der Waals surface area contributed by atoms with Gasteiger partial charge in [0.25, 0.3) is 0 Å². The summed E-state index contributed by atoms with van der Waals surface area (Å²) in [6.07, 6.45) is 1.74. The molecule has 0 radical (unpaired) electrons. The Labute approximate surface area is 113 Å². The predicted octanol–water partition coefficient (Wildman–Crippen LogP) is 2.20. The normalized spacial score (nSPS) is 15.7. The predicted molar refractivity (Wildman–Crippen MR) is 68.2 cm³/mol. The molecule has 0 unspecified atom stereocenters. The molecule has 2 aromatic rings. The molecule has 1 aliphatic rings. The molecule has 2 heterocycles. The molecule has 0 fully saturated rings. The minimum absolute atomic E-state index is 0.170. The Hall–Kier alpha value is -1.27. The number of nitrogens with zero attached hydrogens (tertiary/aromatic N) is 4. The second-order valence-electron chi connectivity index (χ2n) is 4.39. The standard InChI is InChI=1S/C12H12BrFN4/c13-10-2-1-9(11(14)5-10)6-17-3-4-18-8-15-16-12(18)7-17/h1-2,5,8H,3-4,6-7H2. The number of rotatable bonds is 2. The van der Waals surface area contributed by atoms with E-state index in [2.05, 4.69) is 31.0 Å². The van der Waals surface area contributed by atoms with E-state index in [0.717, 1.165) is 29.9 Å². The first-order chi connectivity index (χ1) is 8.72. The van der Waals surface area contributed by atoms with Crippen molar-refractivity contribution in [2.75, 3.05) is 6.54 Å². The lowest BCUT2D eigenvalue weighted by atomic mass is 10.2. The van der Waals surface area contributed by atoms with Crippen LogP contribution in [0.25, 0.3) is 0 Å². The fourth-order valence-corrected chi connectivity index (χ4v) is 2.48. The molecule has 94 valence electrons. The smallest absolute Gasteiger partial charge is 0.147 e. The van der Waals surface area contributed by atoms with Crippen molar-refractivity contribution in [1.82, 2.24) is 19.7 Å². The quantitative estimate of drug-likeness (QED) is 0.853. The molecule has 0 atom stereocenters. The van der Waals surface area contributed by atoms with E-state index in [4.69, 9.17) is 0 Å². The van der Waals surface area contributed by atoms with Crippen LogP contribution in [-0.4, -0.2) is 26.2 Å².